The van der Waals surface area contributed by atoms with Gasteiger partial charge in [0.2, 0.25) is 0 Å². The van der Waals surface area contributed by atoms with Gasteiger partial charge >= 0.3 is 0 Å². The maximum Gasteiger partial charge on any atom is 0.0786 e. The van der Waals surface area contributed by atoms with Crippen LogP contribution < -0.4 is 0 Å². The summed E-state index contributed by atoms with van der Waals surface area (Å²) in [6.45, 7) is 4.33. The number of fused-ring (bicyclic) bond motifs is 5. The van der Waals surface area contributed by atoms with Gasteiger partial charge in [0.05, 0.1) is 5.52 Å². The molecule has 0 aliphatic carbocycles. The van der Waals surface area contributed by atoms with E-state index in [1.165, 1.54) is 38.1 Å². The minimum Gasteiger partial charge on any atom is -0.255 e. The van der Waals surface area contributed by atoms with E-state index in [1.807, 2.05) is 6.20 Å². The van der Waals surface area contributed by atoms with Crippen LogP contribution >= 0.6 is 0 Å². The molecule has 0 amide bonds. The summed E-state index contributed by atoms with van der Waals surface area (Å²) < 4.78 is 0. The minimum atomic E-state index is 1.10. The Labute approximate surface area is 117 Å². The predicted molar refractivity (Wildman–Crippen MR) is 86.2 cm³/mol. The molecule has 1 nitrogen and oxygen atoms in total. The SMILES string of the molecule is Cc1ccc(C)c2c1cnc1c3ccccc3ccc12. The highest BCUT2D eigenvalue weighted by Crippen LogP contribution is 2.32. The van der Waals surface area contributed by atoms with Crippen molar-refractivity contribution in [3.8, 4) is 0 Å². The van der Waals surface area contributed by atoms with Gasteiger partial charge < -0.3 is 0 Å². The summed E-state index contributed by atoms with van der Waals surface area (Å²) in [5.74, 6) is 0. The Morgan fingerprint density at radius 1 is 0.700 bits per heavy atom. The van der Waals surface area contributed by atoms with E-state index >= 15 is 0 Å². The second kappa shape index (κ2) is 4.04. The molecule has 1 heteroatoms. The zero-order valence-corrected chi connectivity index (χ0v) is 11.6. The average molecular weight is 257 g/mol. The fraction of sp³-hybridized carbons (Fsp3) is 0.105. The Morgan fingerprint density at radius 3 is 2.40 bits per heavy atom. The fourth-order valence-electron chi connectivity index (χ4n) is 3.08. The van der Waals surface area contributed by atoms with Crippen LogP contribution in [-0.4, -0.2) is 4.98 Å². The van der Waals surface area contributed by atoms with Crippen molar-refractivity contribution in [3.05, 3.63) is 65.9 Å². The summed E-state index contributed by atoms with van der Waals surface area (Å²) in [5.41, 5.74) is 3.70. The normalized spacial score (nSPS) is 11.5. The lowest BCUT2D eigenvalue weighted by atomic mass is 9.96. The molecule has 1 aromatic heterocycles. The smallest absolute Gasteiger partial charge is 0.0786 e. The zero-order chi connectivity index (χ0) is 13.7. The summed E-state index contributed by atoms with van der Waals surface area (Å²) in [7, 11) is 0. The number of hydrogen-bond donors (Lipinski definition) is 0. The molecule has 20 heavy (non-hydrogen) atoms. The predicted octanol–water partition coefficient (Wildman–Crippen LogP) is 5.16. The van der Waals surface area contributed by atoms with Crippen LogP contribution in [0.15, 0.2) is 54.7 Å². The van der Waals surface area contributed by atoms with Gasteiger partial charge in [-0.15, -0.1) is 0 Å². The topological polar surface area (TPSA) is 12.9 Å². The van der Waals surface area contributed by atoms with Gasteiger partial charge in [0, 0.05) is 22.4 Å². The van der Waals surface area contributed by atoms with Crippen molar-refractivity contribution in [3.63, 3.8) is 0 Å². The Kier molecular flexibility index (Phi) is 2.31. The number of nitrogens with zero attached hydrogens (tertiary/aromatic N) is 1. The van der Waals surface area contributed by atoms with Crippen LogP contribution in [-0.2, 0) is 0 Å². The highest BCUT2D eigenvalue weighted by atomic mass is 14.7. The van der Waals surface area contributed by atoms with Crippen molar-refractivity contribution >= 4 is 32.4 Å². The summed E-state index contributed by atoms with van der Waals surface area (Å²) >= 11 is 0. The molecular weight excluding hydrogens is 242 g/mol. The van der Waals surface area contributed by atoms with Crippen LogP contribution in [0.1, 0.15) is 11.1 Å². The van der Waals surface area contributed by atoms with Crippen LogP contribution in [0.3, 0.4) is 0 Å². The highest BCUT2D eigenvalue weighted by Gasteiger charge is 2.08. The number of aromatic nitrogens is 1. The summed E-state index contributed by atoms with van der Waals surface area (Å²) in [6, 6.07) is 17.2. The minimum absolute atomic E-state index is 1.10. The van der Waals surface area contributed by atoms with Crippen molar-refractivity contribution in [2.45, 2.75) is 13.8 Å². The van der Waals surface area contributed by atoms with Crippen LogP contribution in [0, 0.1) is 13.8 Å². The van der Waals surface area contributed by atoms with Crippen molar-refractivity contribution in [1.82, 2.24) is 4.98 Å². The summed E-state index contributed by atoms with van der Waals surface area (Å²) in [6.07, 6.45) is 2.02. The average Bonchev–Trinajstić information content (AvgIpc) is 2.50. The highest BCUT2D eigenvalue weighted by molar-refractivity contribution is 6.16. The van der Waals surface area contributed by atoms with Crippen LogP contribution in [0.2, 0.25) is 0 Å². The van der Waals surface area contributed by atoms with Gasteiger partial charge in [0.1, 0.15) is 0 Å². The third-order valence-electron chi connectivity index (χ3n) is 4.16. The first-order valence-corrected chi connectivity index (χ1v) is 6.92. The Bertz CT molecular complexity index is 967. The third kappa shape index (κ3) is 1.47. The molecule has 0 bridgehead atoms. The first-order chi connectivity index (χ1) is 9.75. The van der Waals surface area contributed by atoms with E-state index in [4.69, 9.17) is 4.98 Å². The van der Waals surface area contributed by atoms with Crippen molar-refractivity contribution in [2.24, 2.45) is 0 Å². The summed E-state index contributed by atoms with van der Waals surface area (Å²) in [5, 5.41) is 6.32. The fourth-order valence-corrected chi connectivity index (χ4v) is 3.08. The van der Waals surface area contributed by atoms with Crippen molar-refractivity contribution in [2.75, 3.05) is 0 Å². The maximum atomic E-state index is 4.74. The molecule has 3 aromatic carbocycles. The molecule has 0 aliphatic heterocycles. The van der Waals surface area contributed by atoms with Gasteiger partial charge in [-0.1, -0.05) is 48.5 Å². The van der Waals surface area contributed by atoms with E-state index in [0.29, 0.717) is 0 Å². The van der Waals surface area contributed by atoms with Crippen molar-refractivity contribution < 1.29 is 0 Å². The number of pyridine rings is 1. The molecule has 0 saturated heterocycles. The molecule has 96 valence electrons. The molecule has 0 spiro atoms. The van der Waals surface area contributed by atoms with Crippen molar-refractivity contribution in [1.29, 1.82) is 0 Å². The molecular formula is C19H15N. The molecule has 0 radical (unpaired) electrons. The van der Waals surface area contributed by atoms with Gasteiger partial charge in [0.25, 0.3) is 0 Å². The monoisotopic (exact) mass is 257 g/mol. The van der Waals surface area contributed by atoms with Crippen LogP contribution in [0.25, 0.3) is 32.4 Å². The van der Waals surface area contributed by atoms with Gasteiger partial charge in [-0.25, -0.2) is 0 Å². The van der Waals surface area contributed by atoms with Gasteiger partial charge in [-0.05, 0) is 35.7 Å². The van der Waals surface area contributed by atoms with E-state index in [0.717, 1.165) is 5.52 Å². The Morgan fingerprint density at radius 2 is 1.50 bits per heavy atom. The van der Waals surface area contributed by atoms with Crippen LogP contribution in [0.4, 0.5) is 0 Å². The number of rotatable bonds is 0. The van der Waals surface area contributed by atoms with E-state index in [1.54, 1.807) is 0 Å². The second-order valence-corrected chi connectivity index (χ2v) is 5.43. The molecule has 1 heterocycles. The first kappa shape index (κ1) is 11.4. The van der Waals surface area contributed by atoms with Crippen LogP contribution in [0.5, 0.6) is 0 Å². The van der Waals surface area contributed by atoms with Gasteiger partial charge in [-0.3, -0.25) is 4.98 Å². The molecule has 0 fully saturated rings. The number of benzene rings is 3. The lowest BCUT2D eigenvalue weighted by Gasteiger charge is -2.10. The molecule has 0 atom stereocenters. The molecule has 0 unspecified atom stereocenters. The van der Waals surface area contributed by atoms with E-state index in [2.05, 4.69) is 62.4 Å². The second-order valence-electron chi connectivity index (χ2n) is 5.43. The standard InChI is InChI=1S/C19H15N/c1-12-7-8-13(2)18-16-10-9-14-5-3-4-6-15(14)19(16)20-11-17(12)18/h3-11H,1-2H3. The first-order valence-electron chi connectivity index (χ1n) is 6.92. The molecule has 0 aliphatic rings. The van der Waals surface area contributed by atoms with Gasteiger partial charge in [0.15, 0.2) is 0 Å². The Hall–Kier alpha value is -2.41. The summed E-state index contributed by atoms with van der Waals surface area (Å²) in [4.78, 5) is 4.74. The van der Waals surface area contributed by atoms with Gasteiger partial charge in [-0.2, -0.15) is 0 Å². The largest absolute Gasteiger partial charge is 0.255 e. The molecule has 4 aromatic rings. The lowest BCUT2D eigenvalue weighted by Crippen LogP contribution is -1.89. The number of aryl methyl sites for hydroxylation is 2. The quantitative estimate of drug-likeness (QED) is 0.397. The van der Waals surface area contributed by atoms with E-state index < -0.39 is 0 Å². The maximum absolute atomic E-state index is 4.74. The molecule has 4 rings (SSSR count). The van der Waals surface area contributed by atoms with E-state index in [9.17, 15) is 0 Å². The van der Waals surface area contributed by atoms with E-state index in [-0.39, 0.29) is 0 Å². The number of hydrogen-bond acceptors (Lipinski definition) is 1. The molecule has 0 N–H and O–H groups in total. The lowest BCUT2D eigenvalue weighted by molar-refractivity contribution is 1.41. The Balaban J connectivity index is 2.32. The third-order valence-corrected chi connectivity index (χ3v) is 4.16. The zero-order valence-electron chi connectivity index (χ0n) is 11.6. The molecule has 0 saturated carbocycles.